The highest BCUT2D eigenvalue weighted by atomic mass is 79.9. The molecule has 6 rings (SSSR count). The summed E-state index contributed by atoms with van der Waals surface area (Å²) in [5, 5.41) is 68.6. The van der Waals surface area contributed by atoms with Gasteiger partial charge in [-0.25, -0.2) is 4.99 Å². The summed E-state index contributed by atoms with van der Waals surface area (Å²) in [6.45, 7) is 12.1. The lowest BCUT2D eigenvalue weighted by Crippen LogP contribution is -2.46. The van der Waals surface area contributed by atoms with E-state index in [-0.39, 0.29) is 39.6 Å². The van der Waals surface area contributed by atoms with Gasteiger partial charge in [0, 0.05) is 71.8 Å². The average molecular weight is 910 g/mol. The van der Waals surface area contributed by atoms with Crippen molar-refractivity contribution in [1.82, 2.24) is 5.06 Å². The number of methoxy groups -OCH3 is 1. The molecule has 0 spiro atoms. The van der Waals surface area contributed by atoms with Crippen LogP contribution in [0, 0.1) is 30.6 Å². The van der Waals surface area contributed by atoms with Gasteiger partial charge in [-0.15, -0.1) is 0 Å². The number of phenols is 3. The van der Waals surface area contributed by atoms with E-state index in [4.69, 9.17) is 18.9 Å². The Morgan fingerprint density at radius 3 is 2.23 bits per heavy atom. The highest BCUT2D eigenvalue weighted by Crippen LogP contribution is 2.50. The van der Waals surface area contributed by atoms with Crippen molar-refractivity contribution in [2.24, 2.45) is 28.7 Å². The maximum atomic E-state index is 14.4. The monoisotopic (exact) mass is 908 g/mol. The Morgan fingerprint density at radius 2 is 1.61 bits per heavy atom. The van der Waals surface area contributed by atoms with Gasteiger partial charge in [0.1, 0.15) is 28.7 Å². The first kappa shape index (κ1) is 46.8. The van der Waals surface area contributed by atoms with Gasteiger partial charge in [0.25, 0.3) is 11.7 Å². The summed E-state index contributed by atoms with van der Waals surface area (Å²) in [6, 6.07) is 6.99. The van der Waals surface area contributed by atoms with E-state index in [1.165, 1.54) is 53.0 Å². The first-order chi connectivity index (χ1) is 28.6. The molecule has 0 aromatic heterocycles. The molecule has 3 aromatic carbocycles. The summed E-state index contributed by atoms with van der Waals surface area (Å²) in [5.41, 5.74) is 0.419. The number of ketones is 1. The van der Waals surface area contributed by atoms with Crippen LogP contribution < -0.4 is 15.3 Å². The van der Waals surface area contributed by atoms with Crippen LogP contribution in [0.4, 0.5) is 0 Å². The maximum Gasteiger partial charge on any atom is 0.312 e. The summed E-state index contributed by atoms with van der Waals surface area (Å²) >= 11 is 3.37. The molecule has 0 radical (unpaired) electrons. The number of fused-ring (bicyclic) bond motifs is 14. The standard InChI is InChI=1S/C45H53BrN2O13/c1-21-11-10-12-22(2)44(56)47-35-30(20-48(57)19-28-13-15-29(46)16-14-28)39(53)32-33(40(35)54)38(52)26(6)42-34(32)43(55)45(8,61-42)59-18-17-31(58-9)23(3)41(60-27(7)49)25(5)37(51)24(4)36(21)50/h10-18,20-21,23-25,31,36-37,41,50-54,57H,19H2,1-9H3/b11-10-,18-17-,22-12-,30-20+,47-35?. The van der Waals surface area contributed by atoms with Gasteiger partial charge in [-0.1, -0.05) is 74.0 Å². The van der Waals surface area contributed by atoms with Crippen LogP contribution in [0.5, 0.6) is 23.0 Å². The number of Topliss-reactive ketones (excluding diaryl/α,β-unsaturated/α-hetero) is 1. The summed E-state index contributed by atoms with van der Waals surface area (Å²) in [4.78, 5) is 44.6. The zero-order valence-electron chi connectivity index (χ0n) is 35.4. The number of hydroxylamine groups is 2. The SMILES string of the molecule is COC1/C=C\OC2(C)Oc3c(C)c(O)c4c(O)c(/c(=C\N(O)Cc5ccc(Br)cc5)c(O)c4c3C2=O)=NC(=O)/C(C)=C\C=C/C(C)C(O)C(C)C(O)C(C)C(OC(C)=O)C1C. The second-order valence-corrected chi connectivity index (χ2v) is 16.8. The molecule has 5 bridgehead atoms. The van der Waals surface area contributed by atoms with Crippen molar-refractivity contribution in [3.05, 3.63) is 92.1 Å². The van der Waals surface area contributed by atoms with Gasteiger partial charge >= 0.3 is 11.8 Å². The zero-order chi connectivity index (χ0) is 45.2. The fraction of sp³-hybridized carbons (Fsp3) is 0.422. The number of hydrogen-bond acceptors (Lipinski definition) is 14. The number of nitrogens with zero attached hydrogens (tertiary/aromatic N) is 2. The summed E-state index contributed by atoms with van der Waals surface area (Å²) in [5.74, 6) is -9.29. The van der Waals surface area contributed by atoms with Crippen molar-refractivity contribution in [3.8, 4) is 23.0 Å². The number of halogens is 1. The minimum atomic E-state index is -2.11. The molecule has 16 heteroatoms. The van der Waals surface area contributed by atoms with Crippen molar-refractivity contribution in [3.63, 3.8) is 0 Å². The predicted molar refractivity (Wildman–Crippen MR) is 227 cm³/mol. The fourth-order valence-corrected chi connectivity index (χ4v) is 8.05. The zero-order valence-corrected chi connectivity index (χ0v) is 37.0. The van der Waals surface area contributed by atoms with E-state index in [1.54, 1.807) is 58.0 Å². The van der Waals surface area contributed by atoms with Gasteiger partial charge in [-0.2, -0.15) is 0 Å². The summed E-state index contributed by atoms with van der Waals surface area (Å²) in [7, 11) is 1.42. The van der Waals surface area contributed by atoms with Crippen LogP contribution in [-0.4, -0.2) is 90.8 Å². The van der Waals surface area contributed by atoms with Crippen molar-refractivity contribution < 1.29 is 64.1 Å². The maximum absolute atomic E-state index is 14.4. The Kier molecular flexibility index (Phi) is 14.4. The van der Waals surface area contributed by atoms with E-state index in [0.29, 0.717) is 10.6 Å². The summed E-state index contributed by atoms with van der Waals surface area (Å²) in [6.07, 6.45) is 4.24. The van der Waals surface area contributed by atoms with Crippen LogP contribution in [0.2, 0.25) is 0 Å². The molecule has 328 valence electrons. The van der Waals surface area contributed by atoms with E-state index in [0.717, 1.165) is 16.9 Å². The molecule has 0 aliphatic carbocycles. The molecular formula is C45H53BrN2O13. The number of ether oxygens (including phenoxy) is 4. The molecule has 9 unspecified atom stereocenters. The van der Waals surface area contributed by atoms with Crippen LogP contribution in [0.3, 0.4) is 0 Å². The van der Waals surface area contributed by atoms with Crippen LogP contribution in [-0.2, 0) is 30.3 Å². The van der Waals surface area contributed by atoms with Crippen LogP contribution in [0.1, 0.15) is 70.0 Å². The Hall–Kier alpha value is -5.26. The number of rotatable bonds is 5. The molecule has 0 saturated carbocycles. The highest BCUT2D eigenvalue weighted by Gasteiger charge is 2.49. The minimum Gasteiger partial charge on any atom is -0.507 e. The molecule has 3 aliphatic rings. The molecule has 15 nitrogen and oxygen atoms in total. The number of allylic oxidation sites excluding steroid dienone is 2. The second-order valence-electron chi connectivity index (χ2n) is 15.9. The number of carbonyl (C=O) groups is 3. The molecule has 0 saturated heterocycles. The van der Waals surface area contributed by atoms with Gasteiger partial charge in [0.05, 0.1) is 47.3 Å². The third kappa shape index (κ3) is 9.48. The van der Waals surface area contributed by atoms with E-state index < -0.39 is 99.5 Å². The van der Waals surface area contributed by atoms with Crippen LogP contribution in [0.25, 0.3) is 17.0 Å². The number of carbonyl (C=O) groups excluding carboxylic acids is 3. The molecule has 6 N–H and O–H groups in total. The van der Waals surface area contributed by atoms with Crippen molar-refractivity contribution in [1.29, 1.82) is 0 Å². The van der Waals surface area contributed by atoms with Gasteiger partial charge < -0.3 is 44.5 Å². The van der Waals surface area contributed by atoms with Crippen molar-refractivity contribution in [2.75, 3.05) is 7.11 Å². The number of amides is 1. The van der Waals surface area contributed by atoms with Gasteiger partial charge in [0.15, 0.2) is 5.75 Å². The number of aliphatic hydroxyl groups excluding tert-OH is 2. The average Bonchev–Trinajstić information content (AvgIpc) is 3.48. The Balaban J connectivity index is 1.77. The lowest BCUT2D eigenvalue weighted by Gasteiger charge is -2.38. The lowest BCUT2D eigenvalue weighted by atomic mass is 9.78. The van der Waals surface area contributed by atoms with Gasteiger partial charge in [0.2, 0.25) is 0 Å². The molecular weight excluding hydrogens is 856 g/mol. The second kappa shape index (κ2) is 18.8. The van der Waals surface area contributed by atoms with E-state index in [1.807, 2.05) is 0 Å². The number of benzene rings is 3. The predicted octanol–water partition coefficient (Wildman–Crippen LogP) is 5.35. The molecule has 61 heavy (non-hydrogen) atoms. The molecule has 0 fully saturated rings. The first-order valence-electron chi connectivity index (χ1n) is 19.7. The first-order valence-corrected chi connectivity index (χ1v) is 20.5. The number of esters is 1. The van der Waals surface area contributed by atoms with Crippen LogP contribution >= 0.6 is 15.9 Å². The van der Waals surface area contributed by atoms with E-state index in [2.05, 4.69) is 20.9 Å². The van der Waals surface area contributed by atoms with E-state index in [9.17, 15) is 45.1 Å². The number of aromatic hydroxyl groups is 3. The Bertz CT molecular complexity index is 2410. The smallest absolute Gasteiger partial charge is 0.312 e. The Morgan fingerprint density at radius 1 is 0.951 bits per heavy atom. The topological polar surface area (TPSA) is 225 Å². The number of hydrogen-bond donors (Lipinski definition) is 6. The molecule has 3 aromatic rings. The van der Waals surface area contributed by atoms with Crippen molar-refractivity contribution >= 4 is 50.6 Å². The third-order valence-electron chi connectivity index (χ3n) is 11.5. The van der Waals surface area contributed by atoms with E-state index >= 15 is 0 Å². The molecule has 3 heterocycles. The minimum absolute atomic E-state index is 0.00712. The highest BCUT2D eigenvalue weighted by molar-refractivity contribution is 9.10. The number of aliphatic hydroxyl groups is 2. The molecule has 3 aliphatic heterocycles. The summed E-state index contributed by atoms with van der Waals surface area (Å²) < 4.78 is 24.3. The fourth-order valence-electron chi connectivity index (χ4n) is 7.79. The molecule has 9 atom stereocenters. The Labute approximate surface area is 361 Å². The van der Waals surface area contributed by atoms with Gasteiger partial charge in [-0.05, 0) is 37.6 Å². The third-order valence-corrected chi connectivity index (χ3v) is 12.0. The van der Waals surface area contributed by atoms with Crippen LogP contribution in [0.15, 0.2) is 69.9 Å². The molecule has 1 amide bonds. The normalized spacial score (nSPS) is 29.7. The number of phenolic OH excluding ortho intramolecular Hbond substituents is 3. The van der Waals surface area contributed by atoms with Crippen molar-refractivity contribution in [2.45, 2.75) is 92.1 Å². The lowest BCUT2D eigenvalue weighted by molar-refractivity contribution is -0.160. The quantitative estimate of drug-likeness (QED) is 0.108. The largest absolute Gasteiger partial charge is 0.507 e. The van der Waals surface area contributed by atoms with Gasteiger partial charge in [-0.3, -0.25) is 24.7 Å².